The monoisotopic (exact) mass is 454 g/mol. The molecule has 2 heterocycles. The van der Waals surface area contributed by atoms with Gasteiger partial charge in [-0.1, -0.05) is 30.3 Å². The minimum absolute atomic E-state index is 0.0474. The summed E-state index contributed by atoms with van der Waals surface area (Å²) in [5, 5.41) is 5.34. The normalized spacial score (nSPS) is 16.0. The molecule has 0 saturated heterocycles. The number of amides is 4. The molecule has 0 unspecified atom stereocenters. The summed E-state index contributed by atoms with van der Waals surface area (Å²) in [4.78, 5) is 54.2. The van der Waals surface area contributed by atoms with E-state index in [1.807, 2.05) is 12.1 Å². The fraction of sp³-hybridized carbons (Fsp3) is 0.154. The molecule has 0 spiro atoms. The molecule has 4 amide bonds. The van der Waals surface area contributed by atoms with Gasteiger partial charge in [-0.05, 0) is 42.5 Å². The fourth-order valence-corrected chi connectivity index (χ4v) is 4.49. The summed E-state index contributed by atoms with van der Waals surface area (Å²) in [6, 6.07) is 20.8. The molecule has 1 atom stereocenters. The van der Waals surface area contributed by atoms with Crippen molar-refractivity contribution in [2.24, 2.45) is 0 Å². The quantitative estimate of drug-likeness (QED) is 0.619. The van der Waals surface area contributed by atoms with Gasteiger partial charge in [0.1, 0.15) is 6.17 Å². The topological polar surface area (TPSA) is 98.8 Å². The van der Waals surface area contributed by atoms with Crippen LogP contribution in [0.15, 0.2) is 72.8 Å². The molecule has 0 bridgehead atoms. The number of nitrogens with zero attached hydrogens (tertiary/aromatic N) is 2. The largest absolute Gasteiger partial charge is 0.355 e. The first-order valence-corrected chi connectivity index (χ1v) is 10.9. The van der Waals surface area contributed by atoms with Gasteiger partial charge in [0.2, 0.25) is 5.91 Å². The number of carbonyl (C=O) groups excluding carboxylic acids is 4. The average Bonchev–Trinajstić information content (AvgIpc) is 3.16. The van der Waals surface area contributed by atoms with Gasteiger partial charge in [0.25, 0.3) is 17.7 Å². The Morgan fingerprint density at radius 1 is 0.853 bits per heavy atom. The number of hydrogen-bond donors (Lipinski definition) is 2. The zero-order valence-corrected chi connectivity index (χ0v) is 18.4. The highest BCUT2D eigenvalue weighted by Crippen LogP contribution is 2.45. The van der Waals surface area contributed by atoms with Crippen LogP contribution in [0, 0.1) is 0 Å². The van der Waals surface area contributed by atoms with Crippen molar-refractivity contribution in [2.75, 3.05) is 23.8 Å². The van der Waals surface area contributed by atoms with Crippen LogP contribution >= 0.6 is 0 Å². The molecule has 34 heavy (non-hydrogen) atoms. The summed E-state index contributed by atoms with van der Waals surface area (Å²) in [5.74, 6) is -0.864. The van der Waals surface area contributed by atoms with Gasteiger partial charge in [-0.15, -0.1) is 0 Å². The summed E-state index contributed by atoms with van der Waals surface area (Å²) < 4.78 is 0. The lowest BCUT2D eigenvalue weighted by Gasteiger charge is -2.40. The van der Waals surface area contributed by atoms with Gasteiger partial charge in [0.05, 0.1) is 11.3 Å². The molecular weight excluding hydrogens is 432 g/mol. The van der Waals surface area contributed by atoms with Crippen molar-refractivity contribution < 1.29 is 19.2 Å². The molecular formula is C26H22N4O4. The second-order valence-corrected chi connectivity index (χ2v) is 8.11. The third-order valence-corrected chi connectivity index (χ3v) is 6.12. The molecule has 0 radical (unpaired) electrons. The predicted molar refractivity (Wildman–Crippen MR) is 127 cm³/mol. The van der Waals surface area contributed by atoms with Crippen molar-refractivity contribution >= 4 is 35.0 Å². The summed E-state index contributed by atoms with van der Waals surface area (Å²) in [7, 11) is 1.55. The van der Waals surface area contributed by atoms with E-state index in [4.69, 9.17) is 0 Å². The Kier molecular flexibility index (Phi) is 5.33. The number of benzene rings is 3. The number of fused-ring (bicyclic) bond motifs is 5. The lowest BCUT2D eigenvalue weighted by Crippen LogP contribution is -2.48. The maximum Gasteiger partial charge on any atom is 0.260 e. The summed E-state index contributed by atoms with van der Waals surface area (Å²) in [6.07, 6.45) is -0.544. The Morgan fingerprint density at radius 3 is 2.26 bits per heavy atom. The van der Waals surface area contributed by atoms with Gasteiger partial charge in [-0.2, -0.15) is 0 Å². The number of anilines is 2. The zero-order valence-electron chi connectivity index (χ0n) is 18.4. The molecule has 8 nitrogen and oxygen atoms in total. The third kappa shape index (κ3) is 3.49. The highest BCUT2D eigenvalue weighted by Gasteiger charge is 2.47. The van der Waals surface area contributed by atoms with Crippen molar-refractivity contribution in [1.29, 1.82) is 0 Å². The van der Waals surface area contributed by atoms with Crippen molar-refractivity contribution in [3.63, 3.8) is 0 Å². The minimum atomic E-state index is -0.592. The van der Waals surface area contributed by atoms with Crippen LogP contribution in [0.4, 0.5) is 11.4 Å². The molecule has 5 rings (SSSR count). The van der Waals surface area contributed by atoms with E-state index in [0.29, 0.717) is 28.1 Å². The van der Waals surface area contributed by atoms with Crippen LogP contribution in [0.25, 0.3) is 0 Å². The first-order valence-electron chi connectivity index (χ1n) is 10.9. The van der Waals surface area contributed by atoms with Gasteiger partial charge in [0.15, 0.2) is 0 Å². The molecule has 2 aliphatic heterocycles. The van der Waals surface area contributed by atoms with E-state index in [-0.39, 0.29) is 36.6 Å². The Bertz CT molecular complexity index is 1320. The highest BCUT2D eigenvalue weighted by molar-refractivity contribution is 6.16. The highest BCUT2D eigenvalue weighted by atomic mass is 16.2. The lowest BCUT2D eigenvalue weighted by atomic mass is 10.0. The SMILES string of the molecule is CNC(=O)c1ccc(NC(=O)CCN2C(=O)c3ccccc3N3C(=O)c4ccccc4[C@H]23)cc1. The van der Waals surface area contributed by atoms with Gasteiger partial charge in [-0.25, -0.2) is 0 Å². The average molecular weight is 454 g/mol. The molecule has 0 saturated carbocycles. The molecule has 3 aromatic carbocycles. The first kappa shape index (κ1) is 21.4. The van der Waals surface area contributed by atoms with Gasteiger partial charge in [0, 0.05) is 42.4 Å². The van der Waals surface area contributed by atoms with Crippen LogP contribution in [-0.4, -0.2) is 42.1 Å². The van der Waals surface area contributed by atoms with E-state index < -0.39 is 6.17 Å². The van der Waals surface area contributed by atoms with Gasteiger partial charge >= 0.3 is 0 Å². The Morgan fingerprint density at radius 2 is 1.53 bits per heavy atom. The minimum Gasteiger partial charge on any atom is -0.355 e. The summed E-state index contributed by atoms with van der Waals surface area (Å²) >= 11 is 0. The Hall–Kier alpha value is -4.46. The second kappa shape index (κ2) is 8.47. The van der Waals surface area contributed by atoms with E-state index in [1.165, 1.54) is 0 Å². The number of hydrogen-bond acceptors (Lipinski definition) is 4. The first-order chi connectivity index (χ1) is 16.5. The fourth-order valence-electron chi connectivity index (χ4n) is 4.49. The molecule has 0 aromatic heterocycles. The van der Waals surface area contributed by atoms with E-state index in [2.05, 4.69) is 10.6 Å². The maximum atomic E-state index is 13.4. The third-order valence-electron chi connectivity index (χ3n) is 6.12. The Balaban J connectivity index is 1.37. The molecule has 0 fully saturated rings. The van der Waals surface area contributed by atoms with Crippen molar-refractivity contribution in [3.8, 4) is 0 Å². The number of rotatable bonds is 5. The van der Waals surface area contributed by atoms with Crippen molar-refractivity contribution in [1.82, 2.24) is 10.2 Å². The predicted octanol–water partition coefficient (Wildman–Crippen LogP) is 3.19. The van der Waals surface area contributed by atoms with E-state index in [9.17, 15) is 19.2 Å². The lowest BCUT2D eigenvalue weighted by molar-refractivity contribution is -0.116. The maximum absolute atomic E-state index is 13.4. The smallest absolute Gasteiger partial charge is 0.260 e. The van der Waals surface area contributed by atoms with Crippen LogP contribution in [0.5, 0.6) is 0 Å². The van der Waals surface area contributed by atoms with E-state index in [1.54, 1.807) is 77.5 Å². The second-order valence-electron chi connectivity index (χ2n) is 8.11. The van der Waals surface area contributed by atoms with Crippen molar-refractivity contribution in [3.05, 3.63) is 95.1 Å². The van der Waals surface area contributed by atoms with Crippen LogP contribution < -0.4 is 15.5 Å². The van der Waals surface area contributed by atoms with Crippen LogP contribution in [0.1, 0.15) is 49.2 Å². The van der Waals surface area contributed by atoms with Crippen LogP contribution in [0.2, 0.25) is 0 Å². The van der Waals surface area contributed by atoms with Crippen LogP contribution in [0.3, 0.4) is 0 Å². The Labute approximate surface area is 196 Å². The molecule has 170 valence electrons. The van der Waals surface area contributed by atoms with Crippen molar-refractivity contribution in [2.45, 2.75) is 12.6 Å². The molecule has 3 aromatic rings. The number of carbonyl (C=O) groups is 4. The van der Waals surface area contributed by atoms with Gasteiger partial charge in [-0.3, -0.25) is 24.1 Å². The number of nitrogens with one attached hydrogen (secondary N) is 2. The standard InChI is InChI=1S/C26H22N4O4/c1-27-23(32)16-10-12-17(13-11-16)28-22(31)14-15-29-24-18-6-2-3-7-19(18)26(34)30(24)21-9-5-4-8-20(21)25(29)33/h2-13,24H,14-15H2,1H3,(H,27,32)(H,28,31)/t24-/m1/s1. The number of para-hydroxylation sites is 1. The molecule has 2 aliphatic rings. The van der Waals surface area contributed by atoms with E-state index >= 15 is 0 Å². The van der Waals surface area contributed by atoms with Gasteiger partial charge < -0.3 is 15.5 Å². The molecule has 8 heteroatoms. The van der Waals surface area contributed by atoms with E-state index in [0.717, 1.165) is 5.56 Å². The zero-order chi connectivity index (χ0) is 23.8. The summed E-state index contributed by atoms with van der Waals surface area (Å²) in [6.45, 7) is 0.137. The summed E-state index contributed by atoms with van der Waals surface area (Å²) in [5.41, 5.74) is 3.36. The molecule has 0 aliphatic carbocycles. The molecule has 2 N–H and O–H groups in total. The van der Waals surface area contributed by atoms with Crippen LogP contribution in [-0.2, 0) is 4.79 Å².